The molecule has 0 heterocycles. The molecule has 3 N–H and O–H groups in total. The minimum Gasteiger partial charge on any atom is -0.390 e. The predicted molar refractivity (Wildman–Crippen MR) is 94.3 cm³/mol. The zero-order valence-electron chi connectivity index (χ0n) is 15.5. The summed E-state index contributed by atoms with van der Waals surface area (Å²) in [5.41, 5.74) is 0.681. The van der Waals surface area contributed by atoms with E-state index < -0.39 is 11.7 Å². The van der Waals surface area contributed by atoms with Crippen LogP contribution in [0.4, 0.5) is 0 Å². The molecule has 0 saturated heterocycles. The van der Waals surface area contributed by atoms with Crippen molar-refractivity contribution in [1.82, 2.24) is 0 Å². The van der Waals surface area contributed by atoms with Crippen molar-refractivity contribution in [1.29, 1.82) is 0 Å². The van der Waals surface area contributed by atoms with E-state index in [2.05, 4.69) is 19.9 Å². The molecular formula is C21H34O3. The topological polar surface area (TPSA) is 60.7 Å². The third-order valence-electron chi connectivity index (χ3n) is 9.00. The zero-order chi connectivity index (χ0) is 17.3. The van der Waals surface area contributed by atoms with Gasteiger partial charge in [-0.1, -0.05) is 25.5 Å². The molecule has 8 atom stereocenters. The quantitative estimate of drug-likeness (QED) is 0.644. The van der Waals surface area contributed by atoms with Gasteiger partial charge in [-0.05, 0) is 81.5 Å². The molecule has 0 unspecified atom stereocenters. The highest BCUT2D eigenvalue weighted by molar-refractivity contribution is 5.26. The zero-order valence-corrected chi connectivity index (χ0v) is 15.5. The van der Waals surface area contributed by atoms with Crippen molar-refractivity contribution in [2.75, 3.05) is 0 Å². The summed E-state index contributed by atoms with van der Waals surface area (Å²) >= 11 is 0. The Balaban J connectivity index is 1.67. The molecule has 24 heavy (non-hydrogen) atoms. The number of hydrogen-bond acceptors (Lipinski definition) is 3. The molecule has 4 aliphatic rings. The summed E-state index contributed by atoms with van der Waals surface area (Å²) in [7, 11) is 0. The molecule has 3 fully saturated rings. The lowest BCUT2D eigenvalue weighted by Gasteiger charge is -2.59. The molecule has 3 heteroatoms. The van der Waals surface area contributed by atoms with E-state index in [4.69, 9.17) is 0 Å². The largest absolute Gasteiger partial charge is 0.390 e. The summed E-state index contributed by atoms with van der Waals surface area (Å²) in [5, 5.41) is 31.6. The minimum atomic E-state index is -0.914. The smallest absolute Gasteiger partial charge is 0.0958 e. The highest BCUT2D eigenvalue weighted by Crippen LogP contribution is 2.68. The lowest BCUT2D eigenvalue weighted by Crippen LogP contribution is -2.58. The van der Waals surface area contributed by atoms with E-state index in [1.807, 2.05) is 0 Å². The highest BCUT2D eigenvalue weighted by atomic mass is 16.3. The number of hydrogen-bond donors (Lipinski definition) is 3. The molecule has 0 spiro atoms. The predicted octanol–water partition coefficient (Wildman–Crippen LogP) is 3.42. The molecule has 0 aromatic heterocycles. The Labute approximate surface area is 146 Å². The molecule has 3 saturated carbocycles. The Hall–Kier alpha value is -0.380. The van der Waals surface area contributed by atoms with Crippen LogP contribution >= 0.6 is 0 Å². The van der Waals surface area contributed by atoms with Gasteiger partial charge in [0.2, 0.25) is 0 Å². The van der Waals surface area contributed by atoms with E-state index in [1.165, 1.54) is 12.0 Å². The monoisotopic (exact) mass is 334 g/mol. The first-order valence-electron chi connectivity index (χ1n) is 10.0. The maximum absolute atomic E-state index is 11.3. The average molecular weight is 335 g/mol. The van der Waals surface area contributed by atoms with Gasteiger partial charge in [0.15, 0.2) is 0 Å². The molecule has 0 amide bonds. The minimum absolute atomic E-state index is 0.145. The van der Waals surface area contributed by atoms with Gasteiger partial charge in [-0.2, -0.15) is 0 Å². The second-order valence-corrected chi connectivity index (χ2v) is 9.73. The molecular weight excluding hydrogens is 300 g/mol. The van der Waals surface area contributed by atoms with Crippen LogP contribution < -0.4 is 0 Å². The van der Waals surface area contributed by atoms with E-state index in [0.29, 0.717) is 17.8 Å². The van der Waals surface area contributed by atoms with E-state index in [1.54, 1.807) is 6.92 Å². The Bertz CT molecular complexity index is 555. The second kappa shape index (κ2) is 5.31. The molecule has 4 rings (SSSR count). The summed E-state index contributed by atoms with van der Waals surface area (Å²) in [4.78, 5) is 0. The van der Waals surface area contributed by atoms with Crippen LogP contribution in [0.2, 0.25) is 0 Å². The van der Waals surface area contributed by atoms with Gasteiger partial charge in [-0.15, -0.1) is 0 Å². The summed E-state index contributed by atoms with van der Waals surface area (Å²) in [5.74, 6) is 1.87. The first kappa shape index (κ1) is 17.1. The van der Waals surface area contributed by atoms with Crippen molar-refractivity contribution in [3.05, 3.63) is 11.6 Å². The van der Waals surface area contributed by atoms with E-state index in [9.17, 15) is 15.3 Å². The van der Waals surface area contributed by atoms with Crippen LogP contribution in [0.1, 0.15) is 72.1 Å². The van der Waals surface area contributed by atoms with Crippen LogP contribution in [0.15, 0.2) is 11.6 Å². The fourth-order valence-corrected chi connectivity index (χ4v) is 7.45. The summed E-state index contributed by atoms with van der Waals surface area (Å²) in [6.45, 7) is 6.44. The third-order valence-corrected chi connectivity index (χ3v) is 9.00. The SMILES string of the molecule is C[C@@H](O)[C@@]1(O)CC[C@H]2[C@@H]3CCC4=C[C@H](O)CC[C@]4(C)[C@H]3CC[C@@]21C. The van der Waals surface area contributed by atoms with Gasteiger partial charge in [0, 0.05) is 5.41 Å². The Morgan fingerprint density at radius 2 is 1.75 bits per heavy atom. The molecule has 3 nitrogen and oxygen atoms in total. The molecule has 0 aliphatic heterocycles. The van der Waals surface area contributed by atoms with Crippen molar-refractivity contribution in [2.45, 2.75) is 89.9 Å². The molecule has 136 valence electrons. The van der Waals surface area contributed by atoms with Crippen LogP contribution in [0.3, 0.4) is 0 Å². The standard InChI is InChI=1S/C21H34O3/c1-13(22)21(24)11-8-18-16-5-4-14-12-15(23)6-9-19(14,2)17(16)7-10-20(18,21)3/h12-13,15-18,22-24H,4-11H2,1-3H3/t13-,15-,16-,17+,18+,19+,20+,21+/m1/s1. The van der Waals surface area contributed by atoms with Gasteiger partial charge in [0.1, 0.15) is 0 Å². The summed E-state index contributed by atoms with van der Waals surface area (Å²) in [6, 6.07) is 0. The molecule has 4 aliphatic carbocycles. The Kier molecular flexibility index (Phi) is 3.77. The van der Waals surface area contributed by atoms with Crippen molar-refractivity contribution in [2.24, 2.45) is 28.6 Å². The molecule has 0 bridgehead atoms. The van der Waals surface area contributed by atoms with E-state index in [0.717, 1.165) is 44.9 Å². The first-order valence-corrected chi connectivity index (χ1v) is 10.0. The number of rotatable bonds is 1. The van der Waals surface area contributed by atoms with Gasteiger partial charge in [0.25, 0.3) is 0 Å². The van der Waals surface area contributed by atoms with E-state index in [-0.39, 0.29) is 16.9 Å². The third kappa shape index (κ3) is 2.01. The fourth-order valence-electron chi connectivity index (χ4n) is 7.45. The van der Waals surface area contributed by atoms with Crippen LogP contribution in [-0.4, -0.2) is 33.1 Å². The van der Waals surface area contributed by atoms with Crippen LogP contribution in [0, 0.1) is 28.6 Å². The van der Waals surface area contributed by atoms with Gasteiger partial charge >= 0.3 is 0 Å². The number of aliphatic hydroxyl groups excluding tert-OH is 2. The normalized spacial score (nSPS) is 55.2. The van der Waals surface area contributed by atoms with Gasteiger partial charge in [-0.3, -0.25) is 0 Å². The lowest BCUT2D eigenvalue weighted by molar-refractivity contribution is -0.172. The maximum atomic E-state index is 11.3. The summed E-state index contributed by atoms with van der Waals surface area (Å²) in [6.07, 6.45) is 9.51. The van der Waals surface area contributed by atoms with Gasteiger partial charge in [0.05, 0.1) is 17.8 Å². The highest BCUT2D eigenvalue weighted by Gasteiger charge is 2.65. The lowest BCUT2D eigenvalue weighted by atomic mass is 9.46. The van der Waals surface area contributed by atoms with Crippen molar-refractivity contribution < 1.29 is 15.3 Å². The molecule has 0 aromatic rings. The van der Waals surface area contributed by atoms with Gasteiger partial charge < -0.3 is 15.3 Å². The number of fused-ring (bicyclic) bond motifs is 5. The van der Waals surface area contributed by atoms with Crippen molar-refractivity contribution in [3.8, 4) is 0 Å². The van der Waals surface area contributed by atoms with Crippen LogP contribution in [-0.2, 0) is 0 Å². The van der Waals surface area contributed by atoms with Crippen LogP contribution in [0.25, 0.3) is 0 Å². The van der Waals surface area contributed by atoms with Crippen molar-refractivity contribution >= 4 is 0 Å². The van der Waals surface area contributed by atoms with Gasteiger partial charge in [-0.25, -0.2) is 0 Å². The first-order chi connectivity index (χ1) is 11.2. The number of allylic oxidation sites excluding steroid dienone is 1. The Morgan fingerprint density at radius 3 is 2.46 bits per heavy atom. The maximum Gasteiger partial charge on any atom is 0.0958 e. The average Bonchev–Trinajstić information content (AvgIpc) is 2.81. The fraction of sp³-hybridized carbons (Fsp3) is 0.905. The Morgan fingerprint density at radius 1 is 1.04 bits per heavy atom. The van der Waals surface area contributed by atoms with Crippen LogP contribution in [0.5, 0.6) is 0 Å². The van der Waals surface area contributed by atoms with Crippen molar-refractivity contribution in [3.63, 3.8) is 0 Å². The second-order valence-electron chi connectivity index (χ2n) is 9.73. The molecule has 0 aromatic carbocycles. The summed E-state index contributed by atoms with van der Waals surface area (Å²) < 4.78 is 0. The number of aliphatic hydroxyl groups is 3. The van der Waals surface area contributed by atoms with E-state index >= 15 is 0 Å². The molecule has 0 radical (unpaired) electrons.